The van der Waals surface area contributed by atoms with Crippen molar-refractivity contribution >= 4 is 17.5 Å². The van der Waals surface area contributed by atoms with E-state index in [0.717, 1.165) is 17.7 Å². The quantitative estimate of drug-likeness (QED) is 0.776. The molecule has 0 saturated carbocycles. The molecular formula is C23H28N2O2. The van der Waals surface area contributed by atoms with Crippen LogP contribution in [0.15, 0.2) is 54.6 Å². The molecule has 0 aliphatic carbocycles. The maximum atomic E-state index is 13.2. The second-order valence-electron chi connectivity index (χ2n) is 7.47. The van der Waals surface area contributed by atoms with Crippen LogP contribution in [0.2, 0.25) is 0 Å². The van der Waals surface area contributed by atoms with Gasteiger partial charge in [0.15, 0.2) is 0 Å². The van der Waals surface area contributed by atoms with Gasteiger partial charge in [0.1, 0.15) is 0 Å². The summed E-state index contributed by atoms with van der Waals surface area (Å²) >= 11 is 0. The molecule has 2 amide bonds. The van der Waals surface area contributed by atoms with E-state index >= 15 is 0 Å². The number of carbonyl (C=O) groups is 2. The summed E-state index contributed by atoms with van der Waals surface area (Å²) in [6.45, 7) is 7.20. The fourth-order valence-electron chi connectivity index (χ4n) is 3.56. The van der Waals surface area contributed by atoms with E-state index in [2.05, 4.69) is 6.92 Å². The molecule has 0 radical (unpaired) electrons. The Morgan fingerprint density at radius 2 is 1.74 bits per heavy atom. The molecular weight excluding hydrogens is 336 g/mol. The maximum absolute atomic E-state index is 13.2. The second-order valence-corrected chi connectivity index (χ2v) is 7.47. The Morgan fingerprint density at radius 1 is 1.07 bits per heavy atom. The first-order valence-electron chi connectivity index (χ1n) is 9.73. The van der Waals surface area contributed by atoms with Gasteiger partial charge in [-0.15, -0.1) is 0 Å². The van der Waals surface area contributed by atoms with Gasteiger partial charge in [0.2, 0.25) is 11.8 Å². The summed E-state index contributed by atoms with van der Waals surface area (Å²) in [4.78, 5) is 29.4. The number of carbonyl (C=O) groups excluding carboxylic acids is 2. The Kier molecular flexibility index (Phi) is 5.94. The van der Waals surface area contributed by atoms with E-state index in [-0.39, 0.29) is 30.2 Å². The molecule has 4 nitrogen and oxygen atoms in total. The molecule has 142 valence electrons. The molecule has 1 heterocycles. The minimum absolute atomic E-state index is 0.0287. The van der Waals surface area contributed by atoms with E-state index in [1.54, 1.807) is 4.90 Å². The fourth-order valence-corrected chi connectivity index (χ4v) is 3.56. The van der Waals surface area contributed by atoms with Crippen LogP contribution in [0.5, 0.6) is 0 Å². The highest BCUT2D eigenvalue weighted by Gasteiger charge is 2.37. The molecule has 1 aliphatic rings. The van der Waals surface area contributed by atoms with Crippen molar-refractivity contribution in [2.75, 3.05) is 11.4 Å². The number of hydrogen-bond donors (Lipinski definition) is 0. The lowest BCUT2D eigenvalue weighted by atomic mass is 10.1. The zero-order valence-electron chi connectivity index (χ0n) is 16.4. The number of amides is 2. The maximum Gasteiger partial charge on any atom is 0.228 e. The Balaban J connectivity index is 1.72. The molecule has 0 aromatic heterocycles. The van der Waals surface area contributed by atoms with E-state index in [1.165, 1.54) is 5.56 Å². The first-order chi connectivity index (χ1) is 13.0. The average molecular weight is 364 g/mol. The lowest BCUT2D eigenvalue weighted by Gasteiger charge is -2.29. The van der Waals surface area contributed by atoms with Gasteiger partial charge in [-0.05, 0) is 43.5 Å². The summed E-state index contributed by atoms with van der Waals surface area (Å²) < 4.78 is 0. The third-order valence-corrected chi connectivity index (χ3v) is 5.23. The van der Waals surface area contributed by atoms with Crippen molar-refractivity contribution < 1.29 is 9.59 Å². The minimum Gasteiger partial charge on any atom is -0.336 e. The van der Waals surface area contributed by atoms with Crippen molar-refractivity contribution in [1.82, 2.24) is 4.90 Å². The molecule has 1 atom stereocenters. The van der Waals surface area contributed by atoms with Crippen LogP contribution >= 0.6 is 0 Å². The van der Waals surface area contributed by atoms with Crippen LogP contribution in [0, 0.1) is 5.92 Å². The highest BCUT2D eigenvalue weighted by Crippen LogP contribution is 2.27. The molecule has 0 spiro atoms. The Hall–Kier alpha value is -2.62. The van der Waals surface area contributed by atoms with Crippen molar-refractivity contribution in [3.8, 4) is 0 Å². The molecule has 0 N–H and O–H groups in total. The second kappa shape index (κ2) is 8.38. The van der Waals surface area contributed by atoms with Crippen molar-refractivity contribution in [3.05, 3.63) is 65.7 Å². The van der Waals surface area contributed by atoms with E-state index < -0.39 is 0 Å². The van der Waals surface area contributed by atoms with Crippen LogP contribution in [-0.4, -0.2) is 29.3 Å². The fraction of sp³-hybridized carbons (Fsp3) is 0.391. The van der Waals surface area contributed by atoms with Crippen molar-refractivity contribution in [3.63, 3.8) is 0 Å². The van der Waals surface area contributed by atoms with Gasteiger partial charge in [0.25, 0.3) is 0 Å². The molecule has 2 aromatic carbocycles. The zero-order valence-corrected chi connectivity index (χ0v) is 16.4. The van der Waals surface area contributed by atoms with E-state index in [0.29, 0.717) is 13.1 Å². The van der Waals surface area contributed by atoms with Crippen LogP contribution in [0.4, 0.5) is 5.69 Å². The number of rotatable bonds is 6. The first kappa shape index (κ1) is 19.2. The van der Waals surface area contributed by atoms with Crippen molar-refractivity contribution in [1.29, 1.82) is 0 Å². The van der Waals surface area contributed by atoms with E-state index in [1.807, 2.05) is 73.3 Å². The van der Waals surface area contributed by atoms with E-state index in [4.69, 9.17) is 0 Å². The number of anilines is 1. The zero-order chi connectivity index (χ0) is 19.4. The Morgan fingerprint density at radius 3 is 2.33 bits per heavy atom. The lowest BCUT2D eigenvalue weighted by molar-refractivity contribution is -0.138. The SMILES string of the molecule is CCc1ccc(N2C[C@H](C(=O)N(Cc3ccccc3)C(C)C)CC2=O)cc1. The number of benzene rings is 2. The highest BCUT2D eigenvalue weighted by molar-refractivity contribution is 6.00. The minimum atomic E-state index is -0.283. The smallest absolute Gasteiger partial charge is 0.228 e. The number of nitrogens with zero attached hydrogens (tertiary/aromatic N) is 2. The third-order valence-electron chi connectivity index (χ3n) is 5.23. The lowest BCUT2D eigenvalue weighted by Crippen LogP contribution is -2.41. The normalized spacial score (nSPS) is 16.8. The Bertz CT molecular complexity index is 784. The summed E-state index contributed by atoms with van der Waals surface area (Å²) in [7, 11) is 0. The summed E-state index contributed by atoms with van der Waals surface area (Å²) in [5, 5.41) is 0. The Labute approximate surface area is 161 Å². The van der Waals surface area contributed by atoms with Gasteiger partial charge in [0.05, 0.1) is 5.92 Å². The molecule has 1 fully saturated rings. The van der Waals surface area contributed by atoms with Crippen LogP contribution in [0.1, 0.15) is 38.3 Å². The molecule has 0 bridgehead atoms. The van der Waals surface area contributed by atoms with Gasteiger partial charge < -0.3 is 9.80 Å². The van der Waals surface area contributed by atoms with Crippen LogP contribution in [0.25, 0.3) is 0 Å². The topological polar surface area (TPSA) is 40.6 Å². The number of aryl methyl sites for hydroxylation is 1. The molecule has 27 heavy (non-hydrogen) atoms. The molecule has 1 saturated heterocycles. The van der Waals surface area contributed by atoms with Crippen LogP contribution in [0.3, 0.4) is 0 Å². The van der Waals surface area contributed by atoms with Gasteiger partial charge in [0, 0.05) is 31.2 Å². The van der Waals surface area contributed by atoms with E-state index in [9.17, 15) is 9.59 Å². The largest absolute Gasteiger partial charge is 0.336 e. The molecule has 0 unspecified atom stereocenters. The average Bonchev–Trinajstić information content (AvgIpc) is 3.08. The van der Waals surface area contributed by atoms with Gasteiger partial charge in [-0.2, -0.15) is 0 Å². The van der Waals surface area contributed by atoms with Crippen LogP contribution < -0.4 is 4.90 Å². The molecule has 4 heteroatoms. The predicted octanol–water partition coefficient (Wildman–Crippen LogP) is 4.04. The monoisotopic (exact) mass is 364 g/mol. The highest BCUT2D eigenvalue weighted by atomic mass is 16.2. The summed E-state index contributed by atoms with van der Waals surface area (Å²) in [5.74, 6) is -0.189. The molecule has 1 aliphatic heterocycles. The molecule has 2 aromatic rings. The van der Waals surface area contributed by atoms with Crippen LogP contribution in [-0.2, 0) is 22.6 Å². The third kappa shape index (κ3) is 4.38. The van der Waals surface area contributed by atoms with Crippen molar-refractivity contribution in [2.45, 2.75) is 46.2 Å². The van der Waals surface area contributed by atoms with Gasteiger partial charge in [-0.25, -0.2) is 0 Å². The summed E-state index contributed by atoms with van der Waals surface area (Å²) in [5.41, 5.74) is 3.23. The van der Waals surface area contributed by atoms with Gasteiger partial charge in [-0.3, -0.25) is 9.59 Å². The predicted molar refractivity (Wildman–Crippen MR) is 108 cm³/mol. The summed E-state index contributed by atoms with van der Waals surface area (Å²) in [6.07, 6.45) is 1.25. The van der Waals surface area contributed by atoms with Gasteiger partial charge >= 0.3 is 0 Å². The summed E-state index contributed by atoms with van der Waals surface area (Å²) in [6, 6.07) is 18.2. The van der Waals surface area contributed by atoms with Gasteiger partial charge in [-0.1, -0.05) is 49.4 Å². The standard InChI is InChI=1S/C23H28N2O2/c1-4-18-10-12-21(13-11-18)25-16-20(14-22(25)26)23(27)24(17(2)3)15-19-8-6-5-7-9-19/h5-13,17,20H,4,14-16H2,1-3H3/t20-/m1/s1. The first-order valence-corrected chi connectivity index (χ1v) is 9.73. The molecule has 3 rings (SSSR count). The number of hydrogen-bond acceptors (Lipinski definition) is 2. The van der Waals surface area contributed by atoms with Crippen molar-refractivity contribution in [2.24, 2.45) is 5.92 Å².